The molecule has 0 saturated carbocycles. The Kier molecular flexibility index (Phi) is 67.8. The summed E-state index contributed by atoms with van der Waals surface area (Å²) in [5, 5.41) is 15.1. The van der Waals surface area contributed by atoms with Gasteiger partial charge in [-0.15, -0.1) is 0 Å². The Bertz CT molecular complexity index is 11.7. The molecule has 3 heteroatoms. The third-order valence-electron chi connectivity index (χ3n) is 0. The smallest absolute Gasteiger partial charge is 0.397 e. The molecular weight excluding hydrogens is 128 g/mol. The number of rotatable bonds is 0. The first kappa shape index (κ1) is 15.6. The van der Waals surface area contributed by atoms with E-state index in [-0.39, 0.29) is 34.9 Å². The van der Waals surface area contributed by atoms with Crippen LogP contribution in [0.25, 0.3) is 0 Å². The maximum atomic E-state index is 7.57. The number of aliphatic hydroxyl groups excluding tert-OH is 2. The number of aliphatic hydroxyl groups is 2. The fourth-order valence-corrected chi connectivity index (χ4v) is 0. The summed E-state index contributed by atoms with van der Waals surface area (Å²) in [4.78, 5) is 0. The van der Waals surface area contributed by atoms with Crippen molar-refractivity contribution < 1.29 is 31.9 Å². The molecule has 0 heterocycles. The third kappa shape index (κ3) is 354. The molecule has 0 aliphatic rings. The summed E-state index contributed by atoms with van der Waals surface area (Å²) in [5.41, 5.74) is 0. The van der Waals surface area contributed by atoms with Gasteiger partial charge in [0.2, 0.25) is 0 Å². The summed E-state index contributed by atoms with van der Waals surface area (Å²) >= 11 is 0. The molecule has 42 valence electrons. The Hall–Kier alpha value is 0.634. The van der Waals surface area contributed by atoms with E-state index in [1.54, 1.807) is 13.8 Å². The molecule has 0 spiro atoms. The van der Waals surface area contributed by atoms with E-state index in [0.29, 0.717) is 0 Å². The van der Waals surface area contributed by atoms with Crippen LogP contribution in [0.15, 0.2) is 0 Å². The van der Waals surface area contributed by atoms with E-state index in [4.69, 9.17) is 10.2 Å². The molecule has 0 aliphatic heterocycles. The van der Waals surface area contributed by atoms with Crippen molar-refractivity contribution in [3.63, 3.8) is 0 Å². The third-order valence-corrected chi connectivity index (χ3v) is 0. The van der Waals surface area contributed by atoms with Crippen LogP contribution in [-0.2, 0) is 21.7 Å². The van der Waals surface area contributed by atoms with Gasteiger partial charge in [0.25, 0.3) is 0 Å². The SMILES string of the molecule is CCO.CCO.[Ti+2]. The van der Waals surface area contributed by atoms with Gasteiger partial charge in [-0.3, -0.25) is 0 Å². The average molecular weight is 140 g/mol. The van der Waals surface area contributed by atoms with E-state index in [0.717, 1.165) is 0 Å². The summed E-state index contributed by atoms with van der Waals surface area (Å²) in [5.74, 6) is 0. The van der Waals surface area contributed by atoms with E-state index < -0.39 is 0 Å². The first-order valence-electron chi connectivity index (χ1n) is 2.05. The molecular formula is C4H12O2Ti+2. The maximum Gasteiger partial charge on any atom is 2.00 e. The van der Waals surface area contributed by atoms with E-state index >= 15 is 0 Å². The summed E-state index contributed by atoms with van der Waals surface area (Å²) < 4.78 is 0. The summed E-state index contributed by atoms with van der Waals surface area (Å²) in [6, 6.07) is 0. The van der Waals surface area contributed by atoms with Gasteiger partial charge in [-0.2, -0.15) is 0 Å². The normalized spacial score (nSPS) is 5.14. The standard InChI is InChI=1S/2C2H6O.Ti/c2*1-2-3;/h2*3H,2H2,1H3;/q;;+2. The monoisotopic (exact) mass is 140 g/mol. The number of hydrogen-bond donors (Lipinski definition) is 2. The molecule has 0 unspecified atom stereocenters. The Morgan fingerprint density at radius 1 is 1.00 bits per heavy atom. The second-order valence-electron chi connectivity index (χ2n) is 0.632. The molecule has 0 aromatic heterocycles. The van der Waals surface area contributed by atoms with E-state index in [9.17, 15) is 0 Å². The maximum absolute atomic E-state index is 7.57. The molecule has 0 radical (unpaired) electrons. The van der Waals surface area contributed by atoms with Crippen molar-refractivity contribution in [2.45, 2.75) is 13.8 Å². The Balaban J connectivity index is -0.0000000400. The molecule has 2 N–H and O–H groups in total. The van der Waals surface area contributed by atoms with Crippen LogP contribution in [0.2, 0.25) is 0 Å². The Morgan fingerprint density at radius 3 is 1.00 bits per heavy atom. The molecule has 7 heavy (non-hydrogen) atoms. The van der Waals surface area contributed by atoms with Crippen molar-refractivity contribution in [2.24, 2.45) is 0 Å². The summed E-state index contributed by atoms with van der Waals surface area (Å²) in [6.07, 6.45) is 0. The zero-order chi connectivity index (χ0) is 5.41. The van der Waals surface area contributed by atoms with Gasteiger partial charge in [-0.05, 0) is 13.8 Å². The van der Waals surface area contributed by atoms with Gasteiger partial charge in [0, 0.05) is 13.2 Å². The van der Waals surface area contributed by atoms with Gasteiger partial charge in [-0.1, -0.05) is 0 Å². The molecule has 0 rings (SSSR count). The van der Waals surface area contributed by atoms with Crippen LogP contribution in [0.4, 0.5) is 0 Å². The Morgan fingerprint density at radius 2 is 1.00 bits per heavy atom. The molecule has 0 aromatic carbocycles. The predicted octanol–water partition coefficient (Wildman–Crippen LogP) is -0.00530. The van der Waals surface area contributed by atoms with Crippen molar-refractivity contribution in [2.75, 3.05) is 13.2 Å². The van der Waals surface area contributed by atoms with Crippen LogP contribution in [0.1, 0.15) is 13.8 Å². The van der Waals surface area contributed by atoms with E-state index in [1.165, 1.54) is 0 Å². The summed E-state index contributed by atoms with van der Waals surface area (Å²) in [6.45, 7) is 3.86. The van der Waals surface area contributed by atoms with Crippen molar-refractivity contribution in [1.29, 1.82) is 0 Å². The molecule has 0 aromatic rings. The van der Waals surface area contributed by atoms with Gasteiger partial charge in [0.05, 0.1) is 0 Å². The fourth-order valence-electron chi connectivity index (χ4n) is 0. The zero-order valence-electron chi connectivity index (χ0n) is 4.81. The van der Waals surface area contributed by atoms with Crippen LogP contribution < -0.4 is 0 Å². The van der Waals surface area contributed by atoms with Crippen LogP contribution in [0.5, 0.6) is 0 Å². The Labute approximate surface area is 59.4 Å². The minimum atomic E-state index is 0. The number of hydrogen-bond acceptors (Lipinski definition) is 2. The average Bonchev–Trinajstić information content (AvgIpc) is 1.39. The van der Waals surface area contributed by atoms with E-state index in [2.05, 4.69) is 0 Å². The van der Waals surface area contributed by atoms with Crippen LogP contribution in [-0.4, -0.2) is 23.4 Å². The molecule has 0 aliphatic carbocycles. The van der Waals surface area contributed by atoms with Gasteiger partial charge >= 0.3 is 21.7 Å². The van der Waals surface area contributed by atoms with Gasteiger partial charge in [-0.25, -0.2) is 0 Å². The minimum Gasteiger partial charge on any atom is -0.397 e. The summed E-state index contributed by atoms with van der Waals surface area (Å²) in [7, 11) is 0. The van der Waals surface area contributed by atoms with E-state index in [1.807, 2.05) is 0 Å². The topological polar surface area (TPSA) is 40.5 Å². The minimum absolute atomic E-state index is 0. The predicted molar refractivity (Wildman–Crippen MR) is 25.5 cm³/mol. The largest absolute Gasteiger partial charge is 2.00 e. The zero-order valence-corrected chi connectivity index (χ0v) is 6.37. The van der Waals surface area contributed by atoms with Crippen LogP contribution >= 0.6 is 0 Å². The molecule has 0 fully saturated rings. The van der Waals surface area contributed by atoms with Crippen LogP contribution in [0.3, 0.4) is 0 Å². The second kappa shape index (κ2) is 30.3. The first-order chi connectivity index (χ1) is 2.83. The molecule has 0 bridgehead atoms. The molecule has 0 atom stereocenters. The molecule has 0 amide bonds. The van der Waals surface area contributed by atoms with Gasteiger partial charge in [0.15, 0.2) is 0 Å². The quantitative estimate of drug-likeness (QED) is 0.464. The van der Waals surface area contributed by atoms with Gasteiger partial charge < -0.3 is 10.2 Å². The molecule has 0 saturated heterocycles. The van der Waals surface area contributed by atoms with Crippen molar-refractivity contribution >= 4 is 0 Å². The second-order valence-corrected chi connectivity index (χ2v) is 0.632. The van der Waals surface area contributed by atoms with Crippen molar-refractivity contribution in [3.8, 4) is 0 Å². The van der Waals surface area contributed by atoms with Crippen molar-refractivity contribution in [1.82, 2.24) is 0 Å². The van der Waals surface area contributed by atoms with Crippen molar-refractivity contribution in [3.05, 3.63) is 0 Å². The first-order valence-corrected chi connectivity index (χ1v) is 2.05. The van der Waals surface area contributed by atoms with Crippen LogP contribution in [0, 0.1) is 0 Å². The van der Waals surface area contributed by atoms with Gasteiger partial charge in [0.1, 0.15) is 0 Å². The fraction of sp³-hybridized carbons (Fsp3) is 1.00. The molecule has 2 nitrogen and oxygen atoms in total.